The zero-order valence-corrected chi connectivity index (χ0v) is 18.0. The summed E-state index contributed by atoms with van der Waals surface area (Å²) in [5.74, 6) is -0.690. The minimum atomic E-state index is -0.455. The highest BCUT2D eigenvalue weighted by atomic mass is 32.1. The molecule has 0 saturated carbocycles. The van der Waals surface area contributed by atoms with Gasteiger partial charge in [0.1, 0.15) is 5.00 Å². The van der Waals surface area contributed by atoms with Crippen LogP contribution in [0.15, 0.2) is 0 Å². The molecule has 0 fully saturated rings. The molecule has 1 aliphatic rings. The number of rotatable bonds is 6. The quantitative estimate of drug-likeness (QED) is 0.699. The van der Waals surface area contributed by atoms with Crippen LogP contribution in [0.1, 0.15) is 55.4 Å². The van der Waals surface area contributed by atoms with Gasteiger partial charge >= 0.3 is 12.1 Å². The van der Waals surface area contributed by atoms with E-state index in [9.17, 15) is 14.4 Å². The van der Waals surface area contributed by atoms with Crippen LogP contribution in [-0.4, -0.2) is 54.7 Å². The van der Waals surface area contributed by atoms with Gasteiger partial charge in [0.2, 0.25) is 5.91 Å². The van der Waals surface area contributed by atoms with Crippen LogP contribution >= 0.6 is 11.3 Å². The molecule has 28 heavy (non-hydrogen) atoms. The van der Waals surface area contributed by atoms with Gasteiger partial charge in [-0.1, -0.05) is 0 Å². The molecule has 2 amide bonds. The Morgan fingerprint density at radius 2 is 1.82 bits per heavy atom. The van der Waals surface area contributed by atoms with Crippen LogP contribution in [-0.2, 0) is 27.2 Å². The fourth-order valence-electron chi connectivity index (χ4n) is 2.80. The molecule has 0 saturated heterocycles. The molecule has 1 aromatic rings. The monoisotopic (exact) mass is 411 g/mol. The van der Waals surface area contributed by atoms with Gasteiger partial charge in [-0.2, -0.15) is 0 Å². The van der Waals surface area contributed by atoms with E-state index in [0.29, 0.717) is 36.7 Å². The Kier molecular flexibility index (Phi) is 7.42. The van der Waals surface area contributed by atoms with Gasteiger partial charge in [0.05, 0.1) is 31.9 Å². The fourth-order valence-corrected chi connectivity index (χ4v) is 4.07. The Morgan fingerprint density at radius 3 is 2.43 bits per heavy atom. The maximum absolute atomic E-state index is 12.5. The number of nitrogens with zero attached hydrogens (tertiary/aromatic N) is 1. The molecule has 0 unspecified atom stereocenters. The average molecular weight is 412 g/mol. The Bertz CT molecular complexity index is 739. The summed E-state index contributed by atoms with van der Waals surface area (Å²) in [5.41, 5.74) is 1.04. The Labute approximate surface area is 169 Å². The molecule has 2 heterocycles. The van der Waals surface area contributed by atoms with E-state index < -0.39 is 5.97 Å². The van der Waals surface area contributed by atoms with E-state index >= 15 is 0 Å². The third kappa shape index (κ3) is 5.68. The third-order valence-electron chi connectivity index (χ3n) is 4.09. The summed E-state index contributed by atoms with van der Waals surface area (Å²) in [6.07, 6.45) is 0.133. The number of nitrogens with one attached hydrogen (secondary N) is 2. The van der Waals surface area contributed by atoms with E-state index in [1.54, 1.807) is 18.7 Å². The molecule has 1 aromatic heterocycles. The van der Waals surface area contributed by atoms with Crippen LogP contribution in [0, 0.1) is 0 Å². The normalized spacial score (nSPS) is 13.7. The number of esters is 1. The highest BCUT2D eigenvalue weighted by molar-refractivity contribution is 7.17. The van der Waals surface area contributed by atoms with Crippen LogP contribution in [0.4, 0.5) is 9.80 Å². The maximum atomic E-state index is 12.5. The predicted molar refractivity (Wildman–Crippen MR) is 108 cm³/mol. The first-order valence-electron chi connectivity index (χ1n) is 9.44. The van der Waals surface area contributed by atoms with Crippen molar-refractivity contribution in [1.82, 2.24) is 10.2 Å². The van der Waals surface area contributed by atoms with Gasteiger partial charge in [-0.3, -0.25) is 4.79 Å². The lowest BCUT2D eigenvalue weighted by Gasteiger charge is -2.26. The first-order chi connectivity index (χ1) is 13.2. The van der Waals surface area contributed by atoms with Crippen molar-refractivity contribution in [3.63, 3.8) is 0 Å². The minimum absolute atomic E-state index is 0.128. The highest BCUT2D eigenvalue weighted by Gasteiger charge is 2.31. The molecule has 2 N–H and O–H groups in total. The van der Waals surface area contributed by atoms with Gasteiger partial charge in [-0.15, -0.1) is 11.3 Å². The van der Waals surface area contributed by atoms with Gasteiger partial charge in [0.15, 0.2) is 0 Å². The van der Waals surface area contributed by atoms with Crippen LogP contribution in [0.25, 0.3) is 0 Å². The Hall–Kier alpha value is -2.13. The largest absolute Gasteiger partial charge is 0.462 e. The second kappa shape index (κ2) is 9.38. The van der Waals surface area contributed by atoms with Crippen molar-refractivity contribution in [2.24, 2.45) is 0 Å². The SMILES string of the molecule is CCOC(=O)c1c(NC(=O)CNC(C)(C)C)sc2c1CCN(C(=O)OCC)C2. The van der Waals surface area contributed by atoms with Crippen molar-refractivity contribution >= 4 is 34.3 Å². The van der Waals surface area contributed by atoms with E-state index in [1.165, 1.54) is 11.3 Å². The van der Waals surface area contributed by atoms with E-state index in [1.807, 2.05) is 20.8 Å². The van der Waals surface area contributed by atoms with Crippen molar-refractivity contribution in [3.8, 4) is 0 Å². The van der Waals surface area contributed by atoms with E-state index in [0.717, 1.165) is 10.4 Å². The first-order valence-corrected chi connectivity index (χ1v) is 10.3. The van der Waals surface area contributed by atoms with Crippen LogP contribution in [0.3, 0.4) is 0 Å². The molecule has 9 heteroatoms. The zero-order valence-electron chi connectivity index (χ0n) is 17.1. The smallest absolute Gasteiger partial charge is 0.410 e. The van der Waals surface area contributed by atoms with Crippen molar-refractivity contribution < 1.29 is 23.9 Å². The molecule has 1 aliphatic heterocycles. The Morgan fingerprint density at radius 1 is 1.14 bits per heavy atom. The van der Waals surface area contributed by atoms with Gasteiger partial charge in [0.25, 0.3) is 0 Å². The van der Waals surface area contributed by atoms with Gasteiger partial charge in [-0.25, -0.2) is 9.59 Å². The molecular weight excluding hydrogens is 382 g/mol. The number of fused-ring (bicyclic) bond motifs is 1. The molecule has 0 atom stereocenters. The zero-order chi connectivity index (χ0) is 20.9. The summed E-state index contributed by atoms with van der Waals surface area (Å²) in [4.78, 5) is 39.4. The van der Waals surface area contributed by atoms with Crippen molar-refractivity contribution in [3.05, 3.63) is 16.0 Å². The van der Waals surface area contributed by atoms with Crippen molar-refractivity contribution in [2.45, 2.75) is 53.1 Å². The molecule has 2 rings (SSSR count). The topological polar surface area (TPSA) is 97.0 Å². The summed E-state index contributed by atoms with van der Waals surface area (Å²) in [6, 6.07) is 0. The van der Waals surface area contributed by atoms with Crippen molar-refractivity contribution in [2.75, 3.05) is 31.6 Å². The number of amides is 2. The molecule has 0 spiro atoms. The number of carbonyl (C=O) groups excluding carboxylic acids is 3. The number of hydrogen-bond acceptors (Lipinski definition) is 7. The maximum Gasteiger partial charge on any atom is 0.410 e. The molecule has 0 aliphatic carbocycles. The molecule has 0 bridgehead atoms. The lowest BCUT2D eigenvalue weighted by atomic mass is 10.0. The second-order valence-electron chi connectivity index (χ2n) is 7.45. The number of ether oxygens (including phenoxy) is 2. The number of thiophene rings is 1. The highest BCUT2D eigenvalue weighted by Crippen LogP contribution is 2.37. The van der Waals surface area contributed by atoms with E-state index in [-0.39, 0.29) is 30.7 Å². The first kappa shape index (κ1) is 22.2. The lowest BCUT2D eigenvalue weighted by molar-refractivity contribution is -0.115. The Balaban J connectivity index is 2.24. The van der Waals surface area contributed by atoms with Crippen LogP contribution in [0.5, 0.6) is 0 Å². The number of carbonyl (C=O) groups is 3. The lowest BCUT2D eigenvalue weighted by Crippen LogP contribution is -2.41. The molecule has 8 nitrogen and oxygen atoms in total. The summed E-state index contributed by atoms with van der Waals surface area (Å²) >= 11 is 1.31. The number of hydrogen-bond donors (Lipinski definition) is 2. The summed E-state index contributed by atoms with van der Waals surface area (Å²) in [7, 11) is 0. The molecule has 0 aromatic carbocycles. The second-order valence-corrected chi connectivity index (χ2v) is 8.56. The van der Waals surface area contributed by atoms with Crippen LogP contribution < -0.4 is 10.6 Å². The standard InChI is InChI=1S/C19H29N3O5S/c1-6-26-17(24)15-12-8-9-22(18(25)27-7-2)11-13(12)28-16(15)21-14(23)10-20-19(3,4)5/h20H,6-11H2,1-5H3,(H,21,23). The minimum Gasteiger partial charge on any atom is -0.462 e. The van der Waals surface area contributed by atoms with Gasteiger partial charge in [0, 0.05) is 17.0 Å². The van der Waals surface area contributed by atoms with E-state index in [4.69, 9.17) is 9.47 Å². The third-order valence-corrected chi connectivity index (χ3v) is 5.23. The van der Waals surface area contributed by atoms with Gasteiger partial charge in [-0.05, 0) is 46.6 Å². The predicted octanol–water partition coefficient (Wildman–Crippen LogP) is 2.77. The molecule has 156 valence electrons. The van der Waals surface area contributed by atoms with Gasteiger partial charge < -0.3 is 25.0 Å². The molecular formula is C19H29N3O5S. The van der Waals surface area contributed by atoms with Crippen molar-refractivity contribution in [1.29, 1.82) is 0 Å². The average Bonchev–Trinajstić information content (AvgIpc) is 2.96. The fraction of sp³-hybridized carbons (Fsp3) is 0.632. The summed E-state index contributed by atoms with van der Waals surface area (Å²) in [5, 5.41) is 6.42. The van der Waals surface area contributed by atoms with Crippen LogP contribution in [0.2, 0.25) is 0 Å². The number of anilines is 1. The molecule has 0 radical (unpaired) electrons. The summed E-state index contributed by atoms with van der Waals surface area (Å²) in [6.45, 7) is 10.9. The van der Waals surface area contributed by atoms with E-state index in [2.05, 4.69) is 10.6 Å². The summed E-state index contributed by atoms with van der Waals surface area (Å²) < 4.78 is 10.3.